The van der Waals surface area contributed by atoms with Gasteiger partial charge in [-0.15, -0.1) is 0 Å². The van der Waals surface area contributed by atoms with Crippen molar-refractivity contribution in [2.24, 2.45) is 0 Å². The van der Waals surface area contributed by atoms with Gasteiger partial charge in [-0.25, -0.2) is 0 Å². The molecule has 0 radical (unpaired) electrons. The second-order valence-electron chi connectivity index (χ2n) is 16.0. The maximum Gasteiger partial charge on any atom is 0.306 e. The van der Waals surface area contributed by atoms with Gasteiger partial charge in [0.05, 0.1) is 6.61 Å². The van der Waals surface area contributed by atoms with E-state index in [-0.39, 0.29) is 25.2 Å². The van der Waals surface area contributed by atoms with E-state index in [1.165, 1.54) is 57.8 Å². The number of allylic oxidation sites excluding steroid dienone is 20. The Labute approximate surface area is 382 Å². The summed E-state index contributed by atoms with van der Waals surface area (Å²) in [5, 5.41) is 0. The van der Waals surface area contributed by atoms with Gasteiger partial charge in [-0.2, -0.15) is 0 Å². The number of unbranched alkanes of at least 4 members (excludes halogenated alkanes) is 13. The molecule has 0 aromatic carbocycles. The Morgan fingerprint density at radius 1 is 0.371 bits per heavy atom. The molecule has 0 bridgehead atoms. The van der Waals surface area contributed by atoms with Gasteiger partial charge >= 0.3 is 11.9 Å². The van der Waals surface area contributed by atoms with Crippen molar-refractivity contribution in [3.05, 3.63) is 122 Å². The maximum atomic E-state index is 12.8. The minimum Gasteiger partial charge on any atom is -0.462 e. The van der Waals surface area contributed by atoms with E-state index in [4.69, 9.17) is 14.2 Å². The third kappa shape index (κ3) is 49.0. The number of hydrogen-bond donors (Lipinski definition) is 0. The Balaban J connectivity index is 4.44. The molecule has 350 valence electrons. The van der Waals surface area contributed by atoms with Crippen molar-refractivity contribution in [1.29, 1.82) is 0 Å². The molecule has 0 heterocycles. The molecule has 5 nitrogen and oxygen atoms in total. The SMILES string of the molecule is CC/C=C\C/C=C\C/C=C\C/C=C\C/C=C\C/C=C\CCC(=O)OCC(COCCCCCCCC/C=C\C/C=C\CCC)OC(=O)CCCCCCC/C=C\C/C=C\CCC. The molecule has 0 aromatic rings. The molecule has 0 rings (SSSR count). The lowest BCUT2D eigenvalue weighted by Gasteiger charge is -2.18. The minimum absolute atomic E-state index is 0.0275. The smallest absolute Gasteiger partial charge is 0.306 e. The number of hydrogen-bond acceptors (Lipinski definition) is 5. The van der Waals surface area contributed by atoms with Crippen molar-refractivity contribution in [2.45, 2.75) is 207 Å². The molecular formula is C57H92O5. The van der Waals surface area contributed by atoms with Crippen LogP contribution in [0.1, 0.15) is 201 Å². The predicted octanol–water partition coefficient (Wildman–Crippen LogP) is 17.0. The summed E-state index contributed by atoms with van der Waals surface area (Å²) in [6.07, 6.45) is 72.1. The first-order valence-corrected chi connectivity index (χ1v) is 25.1. The van der Waals surface area contributed by atoms with Crippen LogP contribution in [0.2, 0.25) is 0 Å². The zero-order valence-electron chi connectivity index (χ0n) is 40.1. The number of esters is 2. The van der Waals surface area contributed by atoms with E-state index < -0.39 is 6.10 Å². The largest absolute Gasteiger partial charge is 0.462 e. The Morgan fingerprint density at radius 3 is 1.23 bits per heavy atom. The van der Waals surface area contributed by atoms with Crippen LogP contribution in [0.15, 0.2) is 122 Å². The highest BCUT2D eigenvalue weighted by atomic mass is 16.6. The molecule has 0 aliphatic carbocycles. The first-order chi connectivity index (χ1) is 30.6. The van der Waals surface area contributed by atoms with Gasteiger partial charge < -0.3 is 14.2 Å². The molecule has 0 fully saturated rings. The minimum atomic E-state index is -0.587. The summed E-state index contributed by atoms with van der Waals surface area (Å²) in [4.78, 5) is 25.3. The van der Waals surface area contributed by atoms with Crippen LogP contribution in [-0.2, 0) is 23.8 Å². The molecule has 5 heteroatoms. The zero-order chi connectivity index (χ0) is 44.9. The molecule has 0 aliphatic rings. The molecule has 0 aromatic heterocycles. The van der Waals surface area contributed by atoms with Crippen molar-refractivity contribution in [1.82, 2.24) is 0 Å². The van der Waals surface area contributed by atoms with Gasteiger partial charge in [-0.3, -0.25) is 9.59 Å². The van der Waals surface area contributed by atoms with Crippen molar-refractivity contribution in [3.63, 3.8) is 0 Å². The molecule has 1 unspecified atom stereocenters. The first kappa shape index (κ1) is 58.3. The molecule has 0 spiro atoms. The molecule has 0 N–H and O–H groups in total. The van der Waals surface area contributed by atoms with Crippen LogP contribution in [0.3, 0.4) is 0 Å². The van der Waals surface area contributed by atoms with E-state index >= 15 is 0 Å². The third-order valence-corrected chi connectivity index (χ3v) is 9.93. The monoisotopic (exact) mass is 857 g/mol. The highest BCUT2D eigenvalue weighted by Gasteiger charge is 2.17. The van der Waals surface area contributed by atoms with Crippen LogP contribution >= 0.6 is 0 Å². The fourth-order valence-electron chi connectivity index (χ4n) is 6.26. The topological polar surface area (TPSA) is 61.8 Å². The van der Waals surface area contributed by atoms with Gasteiger partial charge in [-0.05, 0) is 109 Å². The van der Waals surface area contributed by atoms with Crippen molar-refractivity contribution < 1.29 is 23.8 Å². The Morgan fingerprint density at radius 2 is 0.758 bits per heavy atom. The molecular weight excluding hydrogens is 765 g/mol. The van der Waals surface area contributed by atoms with E-state index in [1.54, 1.807) is 0 Å². The fourth-order valence-corrected chi connectivity index (χ4v) is 6.26. The summed E-state index contributed by atoms with van der Waals surface area (Å²) in [5.41, 5.74) is 0. The average molecular weight is 857 g/mol. The van der Waals surface area contributed by atoms with Crippen molar-refractivity contribution in [2.75, 3.05) is 19.8 Å². The Bertz CT molecular complexity index is 1290. The third-order valence-electron chi connectivity index (χ3n) is 9.93. The summed E-state index contributed by atoms with van der Waals surface area (Å²) in [6.45, 7) is 7.45. The van der Waals surface area contributed by atoms with Crippen LogP contribution in [0.5, 0.6) is 0 Å². The van der Waals surface area contributed by atoms with Crippen LogP contribution < -0.4 is 0 Å². The quantitative estimate of drug-likeness (QED) is 0.0347. The highest BCUT2D eigenvalue weighted by Crippen LogP contribution is 2.12. The molecule has 0 amide bonds. The average Bonchev–Trinajstić information content (AvgIpc) is 3.27. The standard InChI is InChI=1S/C57H92O5/c1-4-7-10-13-16-19-22-25-27-28-29-30-31-33-35-38-41-44-47-50-56(58)61-54-55(53-60-52-49-46-43-40-37-34-26-23-20-17-14-11-8-5-2)62-57(59)51-48-45-42-39-36-32-24-21-18-15-12-9-6-3/h7,10-12,14-16,19-21,23-25,27,29-30,33,35,41,44,55H,4-6,8-9,13,17-18,22,26,28,31-32,34,36-40,42-43,45-54H2,1-3H3/b10-7-,14-11-,15-12-,19-16-,23-20-,24-21-,27-25-,30-29-,35-33-,44-41-. The lowest BCUT2D eigenvalue weighted by atomic mass is 10.1. The summed E-state index contributed by atoms with van der Waals surface area (Å²) >= 11 is 0. The molecule has 1 atom stereocenters. The van der Waals surface area contributed by atoms with E-state index in [2.05, 4.69) is 136 Å². The van der Waals surface area contributed by atoms with Gasteiger partial charge in [0.2, 0.25) is 0 Å². The first-order valence-electron chi connectivity index (χ1n) is 25.1. The number of ether oxygens (including phenoxy) is 3. The summed E-state index contributed by atoms with van der Waals surface area (Å²) in [6, 6.07) is 0. The van der Waals surface area contributed by atoms with Crippen molar-refractivity contribution >= 4 is 11.9 Å². The van der Waals surface area contributed by atoms with E-state index in [0.717, 1.165) is 103 Å². The van der Waals surface area contributed by atoms with Crippen LogP contribution in [0.25, 0.3) is 0 Å². The van der Waals surface area contributed by atoms with Crippen molar-refractivity contribution in [3.8, 4) is 0 Å². The summed E-state index contributed by atoms with van der Waals surface area (Å²) < 4.78 is 17.3. The van der Waals surface area contributed by atoms with Crippen LogP contribution in [0.4, 0.5) is 0 Å². The lowest BCUT2D eigenvalue weighted by molar-refractivity contribution is -0.162. The van der Waals surface area contributed by atoms with Gasteiger partial charge in [0.1, 0.15) is 6.61 Å². The van der Waals surface area contributed by atoms with E-state index in [9.17, 15) is 9.59 Å². The zero-order valence-corrected chi connectivity index (χ0v) is 40.1. The van der Waals surface area contributed by atoms with Gasteiger partial charge in [0.15, 0.2) is 6.10 Å². The van der Waals surface area contributed by atoms with Gasteiger partial charge in [0, 0.05) is 19.4 Å². The molecule has 0 saturated carbocycles. The fraction of sp³-hybridized carbons (Fsp3) is 0.614. The number of rotatable bonds is 44. The predicted molar refractivity (Wildman–Crippen MR) is 269 cm³/mol. The molecule has 62 heavy (non-hydrogen) atoms. The van der Waals surface area contributed by atoms with Gasteiger partial charge in [-0.1, -0.05) is 200 Å². The lowest BCUT2D eigenvalue weighted by Crippen LogP contribution is -2.30. The number of carbonyl (C=O) groups is 2. The summed E-state index contributed by atoms with van der Waals surface area (Å²) in [7, 11) is 0. The number of carbonyl (C=O) groups excluding carboxylic acids is 2. The van der Waals surface area contributed by atoms with Gasteiger partial charge in [0.25, 0.3) is 0 Å². The Hall–Kier alpha value is -3.70. The maximum absolute atomic E-state index is 12.8. The van der Waals surface area contributed by atoms with Crippen LogP contribution in [0, 0.1) is 0 Å². The summed E-state index contributed by atoms with van der Waals surface area (Å²) in [5.74, 6) is -0.526. The second-order valence-corrected chi connectivity index (χ2v) is 16.0. The molecule has 0 saturated heterocycles. The normalized spacial score (nSPS) is 13.3. The Kier molecular flexibility index (Phi) is 48.6. The highest BCUT2D eigenvalue weighted by molar-refractivity contribution is 5.70. The van der Waals surface area contributed by atoms with E-state index in [1.807, 2.05) is 6.08 Å². The van der Waals surface area contributed by atoms with E-state index in [0.29, 0.717) is 25.9 Å². The second kappa shape index (κ2) is 51.6. The van der Waals surface area contributed by atoms with Crippen LogP contribution in [-0.4, -0.2) is 37.9 Å². The molecule has 0 aliphatic heterocycles.